The lowest BCUT2D eigenvalue weighted by Gasteiger charge is -2.43. The molecule has 1 aliphatic heterocycles. The molecule has 0 unspecified atom stereocenters. The second-order valence-electron chi connectivity index (χ2n) is 8.76. The van der Waals surface area contributed by atoms with Crippen molar-refractivity contribution in [2.24, 2.45) is 22.7 Å². The van der Waals surface area contributed by atoms with E-state index < -0.39 is 29.1 Å². The first-order valence-corrected chi connectivity index (χ1v) is 8.97. The standard InChI is InChI=1S/C20H28O5/c1-11(2)13-6-15(22)14-7-20(24,12(3)10-21)19(5)9-17(23)25-16(19)8-18(13,14)4/h7,11,13,16,21,24H,3,6,8-10H2,1-2,4-5H3/t13-,16+,18-,19+,20+/m0/s1. The lowest BCUT2D eigenvalue weighted by atomic mass is 9.64. The molecule has 5 heteroatoms. The van der Waals surface area contributed by atoms with Crippen molar-refractivity contribution in [2.45, 2.75) is 58.7 Å². The van der Waals surface area contributed by atoms with E-state index in [0.717, 1.165) is 0 Å². The van der Waals surface area contributed by atoms with Gasteiger partial charge in [-0.25, -0.2) is 0 Å². The van der Waals surface area contributed by atoms with Crippen molar-refractivity contribution in [1.29, 1.82) is 0 Å². The molecule has 3 rings (SSSR count). The van der Waals surface area contributed by atoms with Gasteiger partial charge in [0.2, 0.25) is 0 Å². The first-order valence-electron chi connectivity index (χ1n) is 8.97. The Hall–Kier alpha value is -1.46. The molecule has 0 aromatic rings. The minimum absolute atomic E-state index is 0.0280. The zero-order valence-corrected chi connectivity index (χ0v) is 15.5. The number of hydrogen-bond donors (Lipinski definition) is 2. The number of aliphatic hydroxyl groups is 2. The molecule has 5 atom stereocenters. The van der Waals surface area contributed by atoms with Crippen molar-refractivity contribution in [3.05, 3.63) is 23.8 Å². The number of carbonyl (C=O) groups excluding carboxylic acids is 2. The van der Waals surface area contributed by atoms with Gasteiger partial charge in [0, 0.05) is 17.4 Å². The van der Waals surface area contributed by atoms with Gasteiger partial charge in [-0.1, -0.05) is 34.3 Å². The molecule has 3 aliphatic rings. The van der Waals surface area contributed by atoms with Gasteiger partial charge in [0.15, 0.2) is 5.78 Å². The number of ketones is 1. The summed E-state index contributed by atoms with van der Waals surface area (Å²) in [6, 6.07) is 0. The van der Waals surface area contributed by atoms with Gasteiger partial charge in [0.1, 0.15) is 11.7 Å². The topological polar surface area (TPSA) is 83.8 Å². The Morgan fingerprint density at radius 2 is 2.04 bits per heavy atom. The number of fused-ring (bicyclic) bond motifs is 2. The van der Waals surface area contributed by atoms with Crippen LogP contribution in [0, 0.1) is 22.7 Å². The maximum absolute atomic E-state index is 12.8. The summed E-state index contributed by atoms with van der Waals surface area (Å²) in [6.45, 7) is 11.4. The molecule has 2 fully saturated rings. The van der Waals surface area contributed by atoms with Crippen LogP contribution in [0.2, 0.25) is 0 Å². The van der Waals surface area contributed by atoms with E-state index in [2.05, 4.69) is 20.4 Å². The van der Waals surface area contributed by atoms with Gasteiger partial charge >= 0.3 is 5.97 Å². The normalized spacial score (nSPS) is 43.4. The second kappa shape index (κ2) is 5.52. The molecule has 0 amide bonds. The fourth-order valence-corrected chi connectivity index (χ4v) is 5.31. The Labute approximate surface area is 148 Å². The lowest BCUT2D eigenvalue weighted by molar-refractivity contribution is -0.143. The molecule has 2 aliphatic carbocycles. The van der Waals surface area contributed by atoms with Crippen LogP contribution in [-0.2, 0) is 14.3 Å². The van der Waals surface area contributed by atoms with Gasteiger partial charge in [0.25, 0.3) is 0 Å². The molecule has 1 saturated heterocycles. The molecular weight excluding hydrogens is 320 g/mol. The molecular formula is C20H28O5. The molecule has 138 valence electrons. The maximum Gasteiger partial charge on any atom is 0.306 e. The van der Waals surface area contributed by atoms with Crippen molar-refractivity contribution in [3.63, 3.8) is 0 Å². The summed E-state index contributed by atoms with van der Waals surface area (Å²) in [7, 11) is 0. The SMILES string of the molecule is C=C(CO)[C@]1(O)C=C2C(=O)C[C@@H](C(C)C)[C@]2(C)C[C@H]2OC(=O)C[C@]21C. The van der Waals surface area contributed by atoms with Crippen LogP contribution in [0.3, 0.4) is 0 Å². The zero-order valence-electron chi connectivity index (χ0n) is 15.5. The van der Waals surface area contributed by atoms with Crippen LogP contribution in [0.5, 0.6) is 0 Å². The predicted octanol–water partition coefficient (Wildman–Crippen LogP) is 2.17. The van der Waals surface area contributed by atoms with Crippen LogP contribution in [0.4, 0.5) is 0 Å². The van der Waals surface area contributed by atoms with E-state index in [4.69, 9.17) is 4.74 Å². The van der Waals surface area contributed by atoms with Crippen molar-refractivity contribution in [2.75, 3.05) is 6.61 Å². The van der Waals surface area contributed by atoms with E-state index in [-0.39, 0.29) is 35.6 Å². The van der Waals surface area contributed by atoms with E-state index in [1.165, 1.54) is 0 Å². The third-order valence-electron chi connectivity index (χ3n) is 7.00. The first-order chi connectivity index (χ1) is 11.5. The van der Waals surface area contributed by atoms with Crippen LogP contribution in [0.25, 0.3) is 0 Å². The average molecular weight is 348 g/mol. The van der Waals surface area contributed by atoms with Gasteiger partial charge in [0.05, 0.1) is 18.4 Å². The summed E-state index contributed by atoms with van der Waals surface area (Å²) < 4.78 is 5.61. The summed E-state index contributed by atoms with van der Waals surface area (Å²) in [5, 5.41) is 21.2. The lowest BCUT2D eigenvalue weighted by Crippen LogP contribution is -2.51. The minimum atomic E-state index is -1.66. The number of aliphatic hydroxyl groups excluding tert-OH is 1. The molecule has 25 heavy (non-hydrogen) atoms. The third-order valence-corrected chi connectivity index (χ3v) is 7.00. The van der Waals surface area contributed by atoms with Gasteiger partial charge in [-0.15, -0.1) is 0 Å². The molecule has 1 saturated carbocycles. The number of hydrogen-bond acceptors (Lipinski definition) is 5. The molecule has 0 aromatic heterocycles. The molecule has 1 heterocycles. The summed E-state index contributed by atoms with van der Waals surface area (Å²) in [6.07, 6.45) is 2.01. The number of ether oxygens (including phenoxy) is 1. The highest BCUT2D eigenvalue weighted by atomic mass is 16.6. The number of allylic oxidation sites excluding steroid dienone is 1. The molecule has 2 N–H and O–H groups in total. The van der Waals surface area contributed by atoms with Crippen LogP contribution in [0.1, 0.15) is 47.0 Å². The molecule has 0 radical (unpaired) electrons. The van der Waals surface area contributed by atoms with E-state index in [0.29, 0.717) is 18.4 Å². The minimum Gasteiger partial charge on any atom is -0.462 e. The number of Topliss-reactive ketones (excluding diaryl/α,β-unsaturated/α-hetero) is 1. The quantitative estimate of drug-likeness (QED) is 0.603. The first kappa shape index (κ1) is 18.3. The maximum atomic E-state index is 12.8. The van der Waals surface area contributed by atoms with Crippen molar-refractivity contribution < 1.29 is 24.5 Å². The summed E-state index contributed by atoms with van der Waals surface area (Å²) in [5.41, 5.74) is -2.30. The fourth-order valence-electron chi connectivity index (χ4n) is 5.31. The van der Waals surface area contributed by atoms with Crippen LogP contribution in [-0.4, -0.2) is 40.3 Å². The van der Waals surface area contributed by atoms with E-state index in [1.807, 2.05) is 6.92 Å². The molecule has 0 aromatic carbocycles. The Bertz CT molecular complexity index is 678. The van der Waals surface area contributed by atoms with E-state index >= 15 is 0 Å². The monoisotopic (exact) mass is 348 g/mol. The number of rotatable bonds is 3. The molecule has 5 nitrogen and oxygen atoms in total. The average Bonchev–Trinajstić information content (AvgIpc) is 2.92. The van der Waals surface area contributed by atoms with Gasteiger partial charge in [-0.05, 0) is 29.9 Å². The highest BCUT2D eigenvalue weighted by Crippen LogP contribution is 2.61. The Morgan fingerprint density at radius 1 is 1.40 bits per heavy atom. The third kappa shape index (κ3) is 2.28. The summed E-state index contributed by atoms with van der Waals surface area (Å²) in [4.78, 5) is 24.9. The Balaban J connectivity index is 2.24. The van der Waals surface area contributed by atoms with Crippen molar-refractivity contribution in [3.8, 4) is 0 Å². The smallest absolute Gasteiger partial charge is 0.306 e. The fraction of sp³-hybridized carbons (Fsp3) is 0.700. The number of esters is 1. The largest absolute Gasteiger partial charge is 0.462 e. The van der Waals surface area contributed by atoms with Gasteiger partial charge < -0.3 is 14.9 Å². The van der Waals surface area contributed by atoms with Gasteiger partial charge in [-0.2, -0.15) is 0 Å². The van der Waals surface area contributed by atoms with E-state index in [1.54, 1.807) is 13.0 Å². The summed E-state index contributed by atoms with van der Waals surface area (Å²) in [5.74, 6) is 0.0813. The predicted molar refractivity (Wildman–Crippen MR) is 92.5 cm³/mol. The molecule has 0 spiro atoms. The van der Waals surface area contributed by atoms with Crippen LogP contribution < -0.4 is 0 Å². The number of carbonyl (C=O) groups is 2. The highest BCUT2D eigenvalue weighted by Gasteiger charge is 2.64. The highest BCUT2D eigenvalue weighted by molar-refractivity contribution is 6.00. The summed E-state index contributed by atoms with van der Waals surface area (Å²) >= 11 is 0. The Kier molecular flexibility index (Phi) is 4.05. The van der Waals surface area contributed by atoms with Crippen molar-refractivity contribution >= 4 is 11.8 Å². The van der Waals surface area contributed by atoms with Crippen LogP contribution in [0.15, 0.2) is 23.8 Å². The second-order valence-corrected chi connectivity index (χ2v) is 8.76. The van der Waals surface area contributed by atoms with Crippen LogP contribution >= 0.6 is 0 Å². The van der Waals surface area contributed by atoms with E-state index in [9.17, 15) is 19.8 Å². The Morgan fingerprint density at radius 3 is 2.60 bits per heavy atom. The van der Waals surface area contributed by atoms with Crippen molar-refractivity contribution in [1.82, 2.24) is 0 Å². The van der Waals surface area contributed by atoms with Gasteiger partial charge in [-0.3, -0.25) is 9.59 Å². The zero-order chi connectivity index (χ0) is 18.8. The molecule has 0 bridgehead atoms.